The lowest BCUT2D eigenvalue weighted by atomic mass is 9.83. The Balaban J connectivity index is 2.22. The summed E-state index contributed by atoms with van der Waals surface area (Å²) in [5.41, 5.74) is 3.04. The molecule has 0 aliphatic carbocycles. The molecule has 1 N–H and O–H groups in total. The van der Waals surface area contributed by atoms with Crippen LogP contribution >= 0.6 is 0 Å². The monoisotopic (exact) mass is 508 g/mol. The third-order valence-electron chi connectivity index (χ3n) is 6.11. The first-order valence-electron chi connectivity index (χ1n) is 11.6. The summed E-state index contributed by atoms with van der Waals surface area (Å²) in [7, 11) is 5.87. The average Bonchev–Trinajstić information content (AvgIpc) is 2.92. The van der Waals surface area contributed by atoms with Gasteiger partial charge in [0, 0.05) is 11.5 Å². The van der Waals surface area contributed by atoms with Crippen LogP contribution in [0.25, 0.3) is 0 Å². The van der Waals surface area contributed by atoms with Crippen LogP contribution < -0.4 is 18.9 Å². The maximum atomic E-state index is 12.8. The summed E-state index contributed by atoms with van der Waals surface area (Å²) in [4.78, 5) is 24.6. The van der Waals surface area contributed by atoms with E-state index in [1.54, 1.807) is 43.5 Å². The summed E-state index contributed by atoms with van der Waals surface area (Å²) >= 11 is 0. The van der Waals surface area contributed by atoms with Gasteiger partial charge in [-0.05, 0) is 61.4 Å². The fourth-order valence-corrected chi connectivity index (χ4v) is 4.23. The van der Waals surface area contributed by atoms with Gasteiger partial charge in [-0.2, -0.15) is 0 Å². The smallest absolute Gasteiger partial charge is 0.338 e. The molecular weight excluding hydrogens is 476 g/mol. The van der Waals surface area contributed by atoms with Crippen molar-refractivity contribution in [2.24, 2.45) is 0 Å². The van der Waals surface area contributed by atoms with E-state index < -0.39 is 24.6 Å². The van der Waals surface area contributed by atoms with Crippen LogP contribution in [0.4, 0.5) is 0 Å². The summed E-state index contributed by atoms with van der Waals surface area (Å²) in [6, 6.07) is 15.6. The number of carbonyl (C=O) groups is 2. The van der Waals surface area contributed by atoms with E-state index in [4.69, 9.17) is 23.7 Å². The summed E-state index contributed by atoms with van der Waals surface area (Å²) in [5, 5.41) is 10.6. The van der Waals surface area contributed by atoms with E-state index in [2.05, 4.69) is 0 Å². The van der Waals surface area contributed by atoms with Gasteiger partial charge in [0.2, 0.25) is 0 Å². The fourth-order valence-electron chi connectivity index (χ4n) is 4.23. The summed E-state index contributed by atoms with van der Waals surface area (Å²) in [5.74, 6) is 0.437. The zero-order valence-electron chi connectivity index (χ0n) is 21.9. The number of hydrogen-bond donors (Lipinski definition) is 1. The number of aryl methyl sites for hydroxylation is 1. The maximum Gasteiger partial charge on any atom is 0.338 e. The first-order chi connectivity index (χ1) is 17.8. The largest absolute Gasteiger partial charge is 0.493 e. The van der Waals surface area contributed by atoms with Gasteiger partial charge in [0.25, 0.3) is 0 Å². The van der Waals surface area contributed by atoms with E-state index in [0.29, 0.717) is 45.3 Å². The van der Waals surface area contributed by atoms with Crippen molar-refractivity contribution in [3.8, 4) is 23.0 Å². The van der Waals surface area contributed by atoms with E-state index in [1.807, 2.05) is 25.1 Å². The minimum Gasteiger partial charge on any atom is -0.493 e. The van der Waals surface area contributed by atoms with Gasteiger partial charge in [0.15, 0.2) is 28.8 Å². The van der Waals surface area contributed by atoms with Gasteiger partial charge < -0.3 is 28.8 Å². The molecule has 0 radical (unpaired) electrons. The Morgan fingerprint density at radius 2 is 1.46 bits per heavy atom. The molecule has 0 amide bonds. The molecule has 196 valence electrons. The number of benzene rings is 3. The highest BCUT2D eigenvalue weighted by Gasteiger charge is 2.32. The van der Waals surface area contributed by atoms with Crippen LogP contribution in [0.1, 0.15) is 50.2 Å². The highest BCUT2D eigenvalue weighted by molar-refractivity contribution is 5.94. The highest BCUT2D eigenvalue weighted by atomic mass is 16.5. The summed E-state index contributed by atoms with van der Waals surface area (Å²) in [6.07, 6.45) is -0.861. The number of methoxy groups -OCH3 is 4. The molecule has 0 spiro atoms. The lowest BCUT2D eigenvalue weighted by Crippen LogP contribution is -2.31. The molecule has 37 heavy (non-hydrogen) atoms. The molecule has 2 atom stereocenters. The predicted octanol–water partition coefficient (Wildman–Crippen LogP) is 4.58. The van der Waals surface area contributed by atoms with Crippen LogP contribution in [0.5, 0.6) is 23.0 Å². The Labute approximate surface area is 216 Å². The molecule has 0 saturated carbocycles. The molecule has 2 unspecified atom stereocenters. The molecule has 8 heteroatoms. The van der Waals surface area contributed by atoms with E-state index in [-0.39, 0.29) is 5.78 Å². The van der Waals surface area contributed by atoms with E-state index >= 15 is 0 Å². The van der Waals surface area contributed by atoms with E-state index in [9.17, 15) is 14.7 Å². The normalized spacial score (nSPS) is 12.3. The summed E-state index contributed by atoms with van der Waals surface area (Å²) in [6.45, 7) is 2.98. The zero-order chi connectivity index (χ0) is 27.1. The Bertz CT molecular complexity index is 1270. The third-order valence-corrected chi connectivity index (χ3v) is 6.11. The van der Waals surface area contributed by atoms with Gasteiger partial charge in [0.1, 0.15) is 6.10 Å². The van der Waals surface area contributed by atoms with Crippen molar-refractivity contribution in [2.75, 3.05) is 35.0 Å². The minimum atomic E-state index is -0.861. The molecule has 0 aromatic heterocycles. The molecule has 3 rings (SSSR count). The molecule has 0 aliphatic heterocycles. The van der Waals surface area contributed by atoms with Crippen LogP contribution in [0.15, 0.2) is 54.6 Å². The zero-order valence-corrected chi connectivity index (χ0v) is 21.9. The molecule has 3 aromatic rings. The second-order valence-corrected chi connectivity index (χ2v) is 8.44. The highest BCUT2D eigenvalue weighted by Crippen LogP contribution is 2.39. The number of Topliss-reactive ketones (excluding diaryl/α,β-unsaturated/α-hetero) is 1. The first kappa shape index (κ1) is 27.5. The molecule has 0 fully saturated rings. The van der Waals surface area contributed by atoms with Gasteiger partial charge in [0.05, 0.1) is 40.6 Å². The first-order valence-corrected chi connectivity index (χ1v) is 11.6. The second kappa shape index (κ2) is 12.3. The molecule has 8 nitrogen and oxygen atoms in total. The molecule has 0 bridgehead atoms. The van der Waals surface area contributed by atoms with Crippen LogP contribution in [-0.2, 0) is 4.74 Å². The Kier molecular flexibility index (Phi) is 9.14. The molecule has 0 saturated heterocycles. The summed E-state index contributed by atoms with van der Waals surface area (Å²) < 4.78 is 27.7. The molecule has 3 aromatic carbocycles. The van der Waals surface area contributed by atoms with Crippen molar-refractivity contribution in [3.05, 3.63) is 82.4 Å². The number of ketones is 1. The number of aliphatic hydroxyl groups excluding tert-OH is 1. The van der Waals surface area contributed by atoms with Crippen LogP contribution in [0, 0.1) is 6.92 Å². The topological polar surface area (TPSA) is 101 Å². The van der Waals surface area contributed by atoms with Gasteiger partial charge in [-0.3, -0.25) is 4.79 Å². The van der Waals surface area contributed by atoms with Crippen LogP contribution in [0.2, 0.25) is 0 Å². The van der Waals surface area contributed by atoms with Crippen LogP contribution in [0.3, 0.4) is 0 Å². The maximum absolute atomic E-state index is 12.8. The van der Waals surface area contributed by atoms with E-state index in [1.165, 1.54) is 28.3 Å². The Morgan fingerprint density at radius 3 is 2.05 bits per heavy atom. The standard InChI is InChI=1S/C29H32O8/c1-17-7-10-21(29(32)36-6)22(13-17)28(20-9-11-23(33-3)25(15-20)34-4)27(16-30)37-24-12-8-19(18(2)31)14-26(24)35-5/h7-15,27-28,30H,16H2,1-6H3. The molecular formula is C29H32O8. The number of hydrogen-bond acceptors (Lipinski definition) is 8. The lowest BCUT2D eigenvalue weighted by molar-refractivity contribution is 0.0595. The van der Waals surface area contributed by atoms with Crippen molar-refractivity contribution in [1.82, 2.24) is 0 Å². The van der Waals surface area contributed by atoms with Crippen molar-refractivity contribution in [3.63, 3.8) is 0 Å². The van der Waals surface area contributed by atoms with Gasteiger partial charge in [-0.1, -0.05) is 23.8 Å². The second-order valence-electron chi connectivity index (χ2n) is 8.44. The number of ether oxygens (including phenoxy) is 5. The van der Waals surface area contributed by atoms with Crippen molar-refractivity contribution < 1.29 is 38.4 Å². The Hall–Kier alpha value is -4.04. The van der Waals surface area contributed by atoms with Gasteiger partial charge >= 0.3 is 5.97 Å². The lowest BCUT2D eigenvalue weighted by Gasteiger charge is -2.30. The molecule has 0 heterocycles. The number of carbonyl (C=O) groups excluding carboxylic acids is 2. The van der Waals surface area contributed by atoms with Gasteiger partial charge in [-0.25, -0.2) is 4.79 Å². The predicted molar refractivity (Wildman–Crippen MR) is 138 cm³/mol. The van der Waals surface area contributed by atoms with E-state index in [0.717, 1.165) is 5.56 Å². The molecule has 0 aliphatic rings. The minimum absolute atomic E-state index is 0.116. The van der Waals surface area contributed by atoms with Gasteiger partial charge in [-0.15, -0.1) is 0 Å². The quantitative estimate of drug-likeness (QED) is 0.297. The van der Waals surface area contributed by atoms with Crippen molar-refractivity contribution >= 4 is 11.8 Å². The average molecular weight is 509 g/mol. The van der Waals surface area contributed by atoms with Crippen molar-refractivity contribution in [2.45, 2.75) is 25.9 Å². The van der Waals surface area contributed by atoms with Crippen molar-refractivity contribution in [1.29, 1.82) is 0 Å². The fraction of sp³-hybridized carbons (Fsp3) is 0.310. The SMILES string of the molecule is COC(=O)c1ccc(C)cc1C(c1ccc(OC)c(OC)c1)C(CO)Oc1ccc(C(C)=O)cc1OC. The Morgan fingerprint density at radius 1 is 0.811 bits per heavy atom. The number of esters is 1. The van der Waals surface area contributed by atoms with Crippen LogP contribution in [-0.4, -0.2) is 58.0 Å². The number of rotatable bonds is 11. The third kappa shape index (κ3) is 6.03. The number of aliphatic hydroxyl groups is 1.